The van der Waals surface area contributed by atoms with Gasteiger partial charge in [0.2, 0.25) is 0 Å². The van der Waals surface area contributed by atoms with Gasteiger partial charge in [-0.3, -0.25) is 4.68 Å². The summed E-state index contributed by atoms with van der Waals surface area (Å²) in [6.45, 7) is 7.32. The Morgan fingerprint density at radius 3 is 2.67 bits per heavy atom. The SMILES string of the molecule is Cc1ccn(CC(C)(C)CS)n1. The lowest BCUT2D eigenvalue weighted by molar-refractivity contribution is 0.333. The Bertz CT molecular complexity index is 253. The number of rotatable bonds is 3. The first-order chi connectivity index (χ1) is 5.53. The molecule has 0 N–H and O–H groups in total. The first-order valence-corrected chi connectivity index (χ1v) is 4.78. The second-order valence-electron chi connectivity index (χ2n) is 3.98. The zero-order valence-corrected chi connectivity index (χ0v) is 8.80. The van der Waals surface area contributed by atoms with Gasteiger partial charge in [0.25, 0.3) is 0 Å². The molecule has 1 heterocycles. The van der Waals surface area contributed by atoms with E-state index < -0.39 is 0 Å². The molecule has 0 radical (unpaired) electrons. The van der Waals surface area contributed by atoms with E-state index in [0.29, 0.717) is 0 Å². The third-order valence-corrected chi connectivity index (χ3v) is 2.65. The van der Waals surface area contributed by atoms with Gasteiger partial charge in [-0.25, -0.2) is 0 Å². The Hall–Kier alpha value is -0.440. The van der Waals surface area contributed by atoms with E-state index in [4.69, 9.17) is 0 Å². The number of aryl methyl sites for hydroxylation is 1. The molecule has 0 aliphatic carbocycles. The lowest BCUT2D eigenvalue weighted by atomic mass is 9.97. The van der Waals surface area contributed by atoms with E-state index in [-0.39, 0.29) is 5.41 Å². The summed E-state index contributed by atoms with van der Waals surface area (Å²) in [4.78, 5) is 0. The van der Waals surface area contributed by atoms with E-state index >= 15 is 0 Å². The van der Waals surface area contributed by atoms with Gasteiger partial charge < -0.3 is 0 Å². The van der Waals surface area contributed by atoms with Crippen molar-refractivity contribution in [2.75, 3.05) is 5.75 Å². The second kappa shape index (κ2) is 3.52. The minimum Gasteiger partial charge on any atom is -0.272 e. The molecule has 0 spiro atoms. The average molecular weight is 184 g/mol. The summed E-state index contributed by atoms with van der Waals surface area (Å²) in [6.07, 6.45) is 2.01. The fourth-order valence-electron chi connectivity index (χ4n) is 1.04. The summed E-state index contributed by atoms with van der Waals surface area (Å²) < 4.78 is 1.98. The van der Waals surface area contributed by atoms with Crippen molar-refractivity contribution in [3.05, 3.63) is 18.0 Å². The standard InChI is InChI=1S/C9H16N2S/c1-8-4-5-11(10-8)6-9(2,3)7-12/h4-5,12H,6-7H2,1-3H3. The zero-order valence-electron chi connectivity index (χ0n) is 7.91. The van der Waals surface area contributed by atoms with Gasteiger partial charge in [0.05, 0.1) is 5.69 Å². The highest BCUT2D eigenvalue weighted by Gasteiger charge is 2.16. The van der Waals surface area contributed by atoms with Crippen LogP contribution in [0.5, 0.6) is 0 Å². The van der Waals surface area contributed by atoms with E-state index in [1.807, 2.05) is 23.9 Å². The molecule has 0 atom stereocenters. The molecule has 0 aliphatic rings. The van der Waals surface area contributed by atoms with E-state index in [1.165, 1.54) is 0 Å². The number of thiol groups is 1. The van der Waals surface area contributed by atoms with Crippen LogP contribution in [-0.2, 0) is 6.54 Å². The molecule has 0 saturated heterocycles. The fraction of sp³-hybridized carbons (Fsp3) is 0.667. The first kappa shape index (κ1) is 9.65. The molecular formula is C9H16N2S. The highest BCUT2D eigenvalue weighted by Crippen LogP contribution is 2.18. The van der Waals surface area contributed by atoms with Crippen molar-refractivity contribution in [3.63, 3.8) is 0 Å². The van der Waals surface area contributed by atoms with Crippen molar-refractivity contribution < 1.29 is 0 Å². The van der Waals surface area contributed by atoms with Crippen LogP contribution in [0.4, 0.5) is 0 Å². The minimum absolute atomic E-state index is 0.224. The molecule has 0 aliphatic heterocycles. The van der Waals surface area contributed by atoms with Gasteiger partial charge in [-0.1, -0.05) is 13.8 Å². The van der Waals surface area contributed by atoms with Crippen LogP contribution in [0.25, 0.3) is 0 Å². The van der Waals surface area contributed by atoms with E-state index in [0.717, 1.165) is 18.0 Å². The normalized spacial score (nSPS) is 12.0. The van der Waals surface area contributed by atoms with Gasteiger partial charge in [-0.2, -0.15) is 17.7 Å². The van der Waals surface area contributed by atoms with Crippen LogP contribution in [0.1, 0.15) is 19.5 Å². The second-order valence-corrected chi connectivity index (χ2v) is 4.29. The molecule has 12 heavy (non-hydrogen) atoms. The van der Waals surface area contributed by atoms with Crippen molar-refractivity contribution in [1.82, 2.24) is 9.78 Å². The average Bonchev–Trinajstić information content (AvgIpc) is 2.35. The largest absolute Gasteiger partial charge is 0.272 e. The molecule has 0 saturated carbocycles. The smallest absolute Gasteiger partial charge is 0.0593 e. The predicted molar refractivity (Wildman–Crippen MR) is 54.6 cm³/mol. The molecule has 0 bridgehead atoms. The molecule has 0 fully saturated rings. The molecule has 1 aromatic rings. The summed E-state index contributed by atoms with van der Waals surface area (Å²) in [7, 11) is 0. The fourth-order valence-corrected chi connectivity index (χ4v) is 1.14. The maximum atomic E-state index is 4.33. The number of aromatic nitrogens is 2. The van der Waals surface area contributed by atoms with Gasteiger partial charge in [0.1, 0.15) is 0 Å². The predicted octanol–water partition coefficient (Wildman–Crippen LogP) is 2.15. The van der Waals surface area contributed by atoms with Crippen LogP contribution in [0.15, 0.2) is 12.3 Å². The number of hydrogen-bond acceptors (Lipinski definition) is 2. The Balaban J connectivity index is 2.63. The summed E-state index contributed by atoms with van der Waals surface area (Å²) in [6, 6.07) is 2.02. The summed E-state index contributed by atoms with van der Waals surface area (Å²) >= 11 is 4.30. The summed E-state index contributed by atoms with van der Waals surface area (Å²) in [5.41, 5.74) is 1.30. The van der Waals surface area contributed by atoms with Crippen LogP contribution in [0, 0.1) is 12.3 Å². The van der Waals surface area contributed by atoms with Gasteiger partial charge in [0.15, 0.2) is 0 Å². The molecule has 0 amide bonds. The lowest BCUT2D eigenvalue weighted by Crippen LogP contribution is -2.21. The molecule has 2 nitrogen and oxygen atoms in total. The Morgan fingerprint density at radius 1 is 1.58 bits per heavy atom. The van der Waals surface area contributed by atoms with Crippen molar-refractivity contribution in [2.24, 2.45) is 5.41 Å². The van der Waals surface area contributed by atoms with Gasteiger partial charge >= 0.3 is 0 Å². The maximum absolute atomic E-state index is 4.33. The topological polar surface area (TPSA) is 17.8 Å². The molecule has 68 valence electrons. The molecule has 1 aromatic heterocycles. The Kier molecular flexibility index (Phi) is 2.83. The van der Waals surface area contributed by atoms with Crippen molar-refractivity contribution in [3.8, 4) is 0 Å². The quantitative estimate of drug-likeness (QED) is 0.713. The summed E-state index contributed by atoms with van der Waals surface area (Å²) in [5, 5.41) is 4.33. The number of hydrogen-bond donors (Lipinski definition) is 1. The molecule has 3 heteroatoms. The third kappa shape index (κ3) is 2.55. The maximum Gasteiger partial charge on any atom is 0.0593 e. The molecule has 0 unspecified atom stereocenters. The van der Waals surface area contributed by atoms with Crippen LogP contribution < -0.4 is 0 Å². The van der Waals surface area contributed by atoms with E-state index in [9.17, 15) is 0 Å². The molecular weight excluding hydrogens is 168 g/mol. The van der Waals surface area contributed by atoms with Gasteiger partial charge in [0, 0.05) is 12.7 Å². The number of nitrogens with zero attached hydrogens (tertiary/aromatic N) is 2. The van der Waals surface area contributed by atoms with E-state index in [2.05, 4.69) is 31.6 Å². The van der Waals surface area contributed by atoms with Crippen LogP contribution >= 0.6 is 12.6 Å². The minimum atomic E-state index is 0.224. The highest BCUT2D eigenvalue weighted by molar-refractivity contribution is 7.80. The Labute approximate surface area is 79.4 Å². The zero-order chi connectivity index (χ0) is 9.19. The van der Waals surface area contributed by atoms with Gasteiger partial charge in [-0.05, 0) is 24.2 Å². The van der Waals surface area contributed by atoms with Gasteiger partial charge in [-0.15, -0.1) is 0 Å². The third-order valence-electron chi connectivity index (χ3n) is 1.79. The summed E-state index contributed by atoms with van der Waals surface area (Å²) in [5.74, 6) is 0.881. The van der Waals surface area contributed by atoms with Crippen molar-refractivity contribution in [2.45, 2.75) is 27.3 Å². The Morgan fingerprint density at radius 2 is 2.25 bits per heavy atom. The van der Waals surface area contributed by atoms with E-state index in [1.54, 1.807) is 0 Å². The molecule has 1 rings (SSSR count). The highest BCUT2D eigenvalue weighted by atomic mass is 32.1. The van der Waals surface area contributed by atoms with Crippen molar-refractivity contribution >= 4 is 12.6 Å². The van der Waals surface area contributed by atoms with Crippen LogP contribution in [0.2, 0.25) is 0 Å². The van der Waals surface area contributed by atoms with Crippen molar-refractivity contribution in [1.29, 1.82) is 0 Å². The first-order valence-electron chi connectivity index (χ1n) is 4.14. The monoisotopic (exact) mass is 184 g/mol. The lowest BCUT2D eigenvalue weighted by Gasteiger charge is -2.21. The van der Waals surface area contributed by atoms with Crippen LogP contribution in [0.3, 0.4) is 0 Å². The molecule has 0 aromatic carbocycles. The van der Waals surface area contributed by atoms with Crippen LogP contribution in [-0.4, -0.2) is 15.5 Å².